The highest BCUT2D eigenvalue weighted by molar-refractivity contribution is 7.98. The standard InChI is InChI=1S/C15H18N6S2/c1-21-8-17-20-15(21)22-7-11-18-13(16)12-9-5-3-2-4-6-10(9)23-14(12)19-11/h8H,2-7H2,1H3,(H2,16,18,19). The van der Waals surface area contributed by atoms with E-state index in [0.717, 1.165) is 34.0 Å². The number of nitrogen functional groups attached to an aromatic ring is 1. The van der Waals surface area contributed by atoms with Crippen molar-refractivity contribution >= 4 is 39.1 Å². The van der Waals surface area contributed by atoms with E-state index in [-0.39, 0.29) is 0 Å². The van der Waals surface area contributed by atoms with Crippen molar-refractivity contribution in [3.8, 4) is 0 Å². The van der Waals surface area contributed by atoms with Crippen LogP contribution in [0.15, 0.2) is 11.5 Å². The molecule has 0 aromatic carbocycles. The van der Waals surface area contributed by atoms with Crippen LogP contribution in [0.3, 0.4) is 0 Å². The number of anilines is 1. The van der Waals surface area contributed by atoms with Gasteiger partial charge in [0.05, 0.1) is 11.1 Å². The van der Waals surface area contributed by atoms with E-state index >= 15 is 0 Å². The van der Waals surface area contributed by atoms with Gasteiger partial charge in [-0.1, -0.05) is 18.2 Å². The highest BCUT2D eigenvalue weighted by Gasteiger charge is 2.19. The Morgan fingerprint density at radius 2 is 2.13 bits per heavy atom. The summed E-state index contributed by atoms with van der Waals surface area (Å²) in [6.07, 6.45) is 7.76. The molecule has 3 heterocycles. The quantitative estimate of drug-likeness (QED) is 0.580. The van der Waals surface area contributed by atoms with Crippen LogP contribution in [0.25, 0.3) is 10.2 Å². The van der Waals surface area contributed by atoms with Gasteiger partial charge in [-0.3, -0.25) is 0 Å². The molecule has 0 amide bonds. The Morgan fingerprint density at radius 3 is 2.96 bits per heavy atom. The van der Waals surface area contributed by atoms with Crippen LogP contribution in [0.4, 0.5) is 5.82 Å². The first-order valence-electron chi connectivity index (χ1n) is 7.76. The molecule has 0 bridgehead atoms. The fourth-order valence-corrected chi connectivity index (χ4v) is 5.04. The van der Waals surface area contributed by atoms with Gasteiger partial charge in [-0.15, -0.1) is 21.5 Å². The Hall–Kier alpha value is -1.67. The van der Waals surface area contributed by atoms with E-state index in [0.29, 0.717) is 11.6 Å². The molecule has 6 nitrogen and oxygen atoms in total. The van der Waals surface area contributed by atoms with Crippen molar-refractivity contribution in [1.29, 1.82) is 0 Å². The van der Waals surface area contributed by atoms with Gasteiger partial charge < -0.3 is 10.3 Å². The number of rotatable bonds is 3. The Balaban J connectivity index is 1.66. The predicted octanol–water partition coefficient (Wildman–Crippen LogP) is 2.96. The third kappa shape index (κ3) is 2.81. The van der Waals surface area contributed by atoms with Gasteiger partial charge in [0.2, 0.25) is 0 Å². The van der Waals surface area contributed by atoms with Gasteiger partial charge in [-0.2, -0.15) is 0 Å². The van der Waals surface area contributed by atoms with E-state index in [1.807, 2.05) is 11.6 Å². The summed E-state index contributed by atoms with van der Waals surface area (Å²) in [5.41, 5.74) is 7.66. The van der Waals surface area contributed by atoms with Crippen molar-refractivity contribution in [2.45, 2.75) is 43.0 Å². The van der Waals surface area contributed by atoms with Crippen LogP contribution in [0.2, 0.25) is 0 Å². The third-order valence-corrected chi connectivity index (χ3v) is 6.36. The fraction of sp³-hybridized carbons (Fsp3) is 0.467. The number of nitrogens with two attached hydrogens (primary N) is 1. The first-order chi connectivity index (χ1) is 11.2. The maximum Gasteiger partial charge on any atom is 0.191 e. The van der Waals surface area contributed by atoms with Gasteiger partial charge in [-0.05, 0) is 31.2 Å². The maximum atomic E-state index is 6.27. The van der Waals surface area contributed by atoms with Crippen molar-refractivity contribution in [1.82, 2.24) is 24.7 Å². The van der Waals surface area contributed by atoms with Gasteiger partial charge in [0.1, 0.15) is 22.8 Å². The lowest BCUT2D eigenvalue weighted by atomic mass is 10.1. The predicted molar refractivity (Wildman–Crippen MR) is 93.7 cm³/mol. The third-order valence-electron chi connectivity index (χ3n) is 4.14. The van der Waals surface area contributed by atoms with E-state index in [1.165, 1.54) is 29.7 Å². The number of fused-ring (bicyclic) bond motifs is 3. The van der Waals surface area contributed by atoms with Crippen molar-refractivity contribution in [2.75, 3.05) is 5.73 Å². The van der Waals surface area contributed by atoms with Gasteiger partial charge in [0.25, 0.3) is 0 Å². The van der Waals surface area contributed by atoms with Crippen molar-refractivity contribution in [3.63, 3.8) is 0 Å². The second kappa shape index (κ2) is 6.09. The molecule has 3 aromatic heterocycles. The molecular weight excluding hydrogens is 328 g/mol. The van der Waals surface area contributed by atoms with E-state index in [2.05, 4.69) is 15.2 Å². The first kappa shape index (κ1) is 14.9. The lowest BCUT2D eigenvalue weighted by Crippen LogP contribution is -2.00. The summed E-state index contributed by atoms with van der Waals surface area (Å²) < 4.78 is 1.89. The van der Waals surface area contributed by atoms with E-state index in [1.54, 1.807) is 29.4 Å². The summed E-state index contributed by atoms with van der Waals surface area (Å²) in [6, 6.07) is 0. The molecule has 3 aromatic rings. The molecule has 2 N–H and O–H groups in total. The zero-order valence-corrected chi connectivity index (χ0v) is 14.6. The molecule has 0 saturated carbocycles. The zero-order chi connectivity index (χ0) is 15.8. The number of thiophene rings is 1. The van der Waals surface area contributed by atoms with Crippen LogP contribution >= 0.6 is 23.1 Å². The Bertz CT molecular complexity index is 853. The molecule has 0 spiro atoms. The SMILES string of the molecule is Cn1cnnc1SCc1nc(N)c2c3c(sc2n1)CCCCC3. The molecule has 0 unspecified atom stereocenters. The molecule has 0 aliphatic heterocycles. The van der Waals surface area contributed by atoms with Crippen molar-refractivity contribution < 1.29 is 0 Å². The Morgan fingerprint density at radius 1 is 1.26 bits per heavy atom. The molecule has 0 saturated heterocycles. The normalized spacial score (nSPS) is 14.8. The van der Waals surface area contributed by atoms with E-state index in [4.69, 9.17) is 10.7 Å². The summed E-state index contributed by atoms with van der Waals surface area (Å²) in [5.74, 6) is 2.04. The summed E-state index contributed by atoms with van der Waals surface area (Å²) in [6.45, 7) is 0. The molecule has 23 heavy (non-hydrogen) atoms. The van der Waals surface area contributed by atoms with E-state index < -0.39 is 0 Å². The molecule has 0 atom stereocenters. The highest BCUT2D eigenvalue weighted by Crippen LogP contribution is 2.37. The van der Waals surface area contributed by atoms with Gasteiger partial charge in [0, 0.05) is 11.9 Å². The van der Waals surface area contributed by atoms with Crippen LogP contribution < -0.4 is 5.73 Å². The molecule has 1 aliphatic rings. The molecule has 1 aliphatic carbocycles. The largest absolute Gasteiger partial charge is 0.383 e. The van der Waals surface area contributed by atoms with Crippen LogP contribution in [0.1, 0.15) is 35.5 Å². The Kier molecular flexibility index (Phi) is 3.94. The molecule has 0 radical (unpaired) electrons. The van der Waals surface area contributed by atoms with Crippen molar-refractivity contribution in [2.24, 2.45) is 7.05 Å². The maximum absolute atomic E-state index is 6.27. The summed E-state index contributed by atoms with van der Waals surface area (Å²) in [5, 5.41) is 9.91. The van der Waals surface area contributed by atoms with E-state index in [9.17, 15) is 0 Å². The summed E-state index contributed by atoms with van der Waals surface area (Å²) >= 11 is 3.37. The van der Waals surface area contributed by atoms with Crippen LogP contribution in [-0.2, 0) is 25.6 Å². The highest BCUT2D eigenvalue weighted by atomic mass is 32.2. The van der Waals surface area contributed by atoms with Gasteiger partial charge in [0.15, 0.2) is 5.16 Å². The number of hydrogen-bond donors (Lipinski definition) is 1. The minimum Gasteiger partial charge on any atom is -0.383 e. The molecule has 4 rings (SSSR count). The van der Waals surface area contributed by atoms with Crippen LogP contribution in [0.5, 0.6) is 0 Å². The number of hydrogen-bond acceptors (Lipinski definition) is 7. The summed E-state index contributed by atoms with van der Waals surface area (Å²) in [4.78, 5) is 11.8. The minimum atomic E-state index is 0.628. The topological polar surface area (TPSA) is 82.5 Å². The number of thioether (sulfide) groups is 1. The minimum absolute atomic E-state index is 0.628. The second-order valence-electron chi connectivity index (χ2n) is 5.78. The lowest BCUT2D eigenvalue weighted by Gasteiger charge is -2.04. The smallest absolute Gasteiger partial charge is 0.191 e. The van der Waals surface area contributed by atoms with Crippen LogP contribution in [-0.4, -0.2) is 24.7 Å². The Labute approximate surface area is 142 Å². The monoisotopic (exact) mass is 346 g/mol. The number of aryl methyl sites for hydroxylation is 3. The average Bonchev–Trinajstić information content (AvgIpc) is 3.01. The van der Waals surface area contributed by atoms with Crippen LogP contribution in [0, 0.1) is 0 Å². The van der Waals surface area contributed by atoms with Gasteiger partial charge >= 0.3 is 0 Å². The summed E-state index contributed by atoms with van der Waals surface area (Å²) in [7, 11) is 1.93. The molecule has 0 fully saturated rings. The molecular formula is C15H18N6S2. The lowest BCUT2D eigenvalue weighted by molar-refractivity contribution is 0.713. The molecule has 8 heteroatoms. The average molecular weight is 346 g/mol. The zero-order valence-electron chi connectivity index (χ0n) is 12.9. The van der Waals surface area contributed by atoms with Crippen molar-refractivity contribution in [3.05, 3.63) is 22.6 Å². The number of aromatic nitrogens is 5. The fourth-order valence-electron chi connectivity index (χ4n) is 3.01. The second-order valence-corrected chi connectivity index (χ2v) is 7.81. The first-order valence-corrected chi connectivity index (χ1v) is 9.56. The molecule has 120 valence electrons. The van der Waals surface area contributed by atoms with Gasteiger partial charge in [-0.25, -0.2) is 9.97 Å². The number of nitrogens with zero attached hydrogens (tertiary/aromatic N) is 5.